The van der Waals surface area contributed by atoms with E-state index in [2.05, 4.69) is 5.32 Å². The van der Waals surface area contributed by atoms with E-state index in [1.807, 2.05) is 34.6 Å². The van der Waals surface area contributed by atoms with Crippen LogP contribution in [0.25, 0.3) is 0 Å². The van der Waals surface area contributed by atoms with Gasteiger partial charge in [0, 0.05) is 6.92 Å². The van der Waals surface area contributed by atoms with Gasteiger partial charge in [-0.3, -0.25) is 4.79 Å². The van der Waals surface area contributed by atoms with Gasteiger partial charge in [-0.1, -0.05) is 0 Å². The van der Waals surface area contributed by atoms with Crippen LogP contribution in [0.4, 0.5) is 0 Å². The van der Waals surface area contributed by atoms with Crippen molar-refractivity contribution >= 4 is 13.0 Å². The predicted molar refractivity (Wildman–Crippen MR) is 103 cm³/mol. The summed E-state index contributed by atoms with van der Waals surface area (Å²) in [4.78, 5) is 12.0. The summed E-state index contributed by atoms with van der Waals surface area (Å²) in [6, 6.07) is 3.59. The van der Waals surface area contributed by atoms with Crippen molar-refractivity contribution in [3.8, 4) is 17.2 Å². The van der Waals surface area contributed by atoms with Crippen LogP contribution in [0, 0.1) is 0 Å². The number of hydrogen-bond donors (Lipinski definition) is 1. The van der Waals surface area contributed by atoms with Gasteiger partial charge in [-0.05, 0) is 52.3 Å². The Morgan fingerprint density at radius 3 is 1.78 bits per heavy atom. The molecule has 150 valence electrons. The molecule has 1 amide bonds. The molecule has 1 fully saturated rings. The van der Waals surface area contributed by atoms with Crippen LogP contribution in [-0.4, -0.2) is 45.6 Å². The molecular formula is C19H30BNO6. The van der Waals surface area contributed by atoms with Crippen LogP contribution in [0.1, 0.15) is 47.1 Å². The fraction of sp³-hybridized carbons (Fsp3) is 0.632. The SMILES string of the molecule is COc1cc(C(C)(NC(C)=O)B2OC(C)(C)C(C)(C)O2)cc(OC)c1OC. The smallest absolute Gasteiger partial charge is 0.489 e. The molecule has 1 aliphatic rings. The molecule has 1 unspecified atom stereocenters. The first-order valence-corrected chi connectivity index (χ1v) is 8.86. The first-order valence-electron chi connectivity index (χ1n) is 8.86. The lowest BCUT2D eigenvalue weighted by molar-refractivity contribution is -0.120. The highest BCUT2D eigenvalue weighted by Gasteiger charge is 2.59. The standard InChI is InChI=1S/C19H30BNO6/c1-12(22)21-19(6,20-26-17(2,3)18(4,5)27-20)13-10-14(23-7)16(25-9)15(11-13)24-8/h10-11H,1-9H3,(H,21,22). The van der Waals surface area contributed by atoms with Crippen LogP contribution in [0.5, 0.6) is 17.2 Å². The first-order chi connectivity index (χ1) is 12.4. The molecule has 1 aromatic carbocycles. The van der Waals surface area contributed by atoms with Crippen molar-refractivity contribution in [2.24, 2.45) is 0 Å². The molecular weight excluding hydrogens is 349 g/mol. The highest BCUT2D eigenvalue weighted by molar-refractivity contribution is 6.50. The zero-order valence-electron chi connectivity index (χ0n) is 17.7. The van der Waals surface area contributed by atoms with Crippen molar-refractivity contribution in [3.63, 3.8) is 0 Å². The number of benzene rings is 1. The van der Waals surface area contributed by atoms with Crippen molar-refractivity contribution < 1.29 is 28.3 Å². The fourth-order valence-electron chi connectivity index (χ4n) is 3.09. The Balaban J connectivity index is 2.62. The number of nitrogens with one attached hydrogen (secondary N) is 1. The number of ether oxygens (including phenoxy) is 3. The van der Waals surface area contributed by atoms with Crippen LogP contribution >= 0.6 is 0 Å². The number of methoxy groups -OCH3 is 3. The van der Waals surface area contributed by atoms with Gasteiger partial charge in [-0.25, -0.2) is 0 Å². The Morgan fingerprint density at radius 1 is 1.00 bits per heavy atom. The average molecular weight is 379 g/mol. The van der Waals surface area contributed by atoms with E-state index in [4.69, 9.17) is 23.5 Å². The predicted octanol–water partition coefficient (Wildman–Crippen LogP) is 2.70. The Labute approximate surface area is 161 Å². The van der Waals surface area contributed by atoms with Gasteiger partial charge in [-0.2, -0.15) is 0 Å². The lowest BCUT2D eigenvalue weighted by atomic mass is 9.61. The second-order valence-corrected chi connectivity index (χ2v) is 7.89. The van der Waals surface area contributed by atoms with Crippen LogP contribution < -0.4 is 19.5 Å². The maximum atomic E-state index is 12.0. The second kappa shape index (κ2) is 7.24. The molecule has 1 aliphatic heterocycles. The minimum atomic E-state index is -0.982. The maximum Gasteiger partial charge on any atom is 0.489 e. The van der Waals surface area contributed by atoms with E-state index in [1.54, 1.807) is 33.5 Å². The van der Waals surface area contributed by atoms with Gasteiger partial charge < -0.3 is 28.8 Å². The second-order valence-electron chi connectivity index (χ2n) is 7.89. The lowest BCUT2D eigenvalue weighted by Gasteiger charge is -2.33. The molecule has 0 aliphatic carbocycles. The molecule has 0 spiro atoms. The highest BCUT2D eigenvalue weighted by Crippen LogP contribution is 2.45. The molecule has 1 saturated heterocycles. The van der Waals surface area contributed by atoms with Gasteiger partial charge in [-0.15, -0.1) is 0 Å². The number of hydrogen-bond acceptors (Lipinski definition) is 6. The van der Waals surface area contributed by atoms with E-state index in [-0.39, 0.29) is 5.91 Å². The van der Waals surface area contributed by atoms with Crippen molar-refractivity contribution in [2.45, 2.75) is 58.2 Å². The van der Waals surface area contributed by atoms with Gasteiger partial charge in [0.2, 0.25) is 11.7 Å². The maximum absolute atomic E-state index is 12.0. The average Bonchev–Trinajstić information content (AvgIpc) is 2.80. The molecule has 2 rings (SSSR count). The van der Waals surface area contributed by atoms with E-state index in [1.165, 1.54) is 6.92 Å². The van der Waals surface area contributed by atoms with Crippen LogP contribution in [0.15, 0.2) is 12.1 Å². The number of carbonyl (C=O) groups is 1. The van der Waals surface area contributed by atoms with Crippen LogP contribution in [-0.2, 0) is 19.5 Å². The minimum absolute atomic E-state index is 0.207. The molecule has 0 radical (unpaired) electrons. The first kappa shape index (κ1) is 21.4. The van der Waals surface area contributed by atoms with Gasteiger partial charge in [0.15, 0.2) is 11.5 Å². The third kappa shape index (κ3) is 3.73. The van der Waals surface area contributed by atoms with E-state index >= 15 is 0 Å². The molecule has 0 aromatic heterocycles. The number of amides is 1. The summed E-state index contributed by atoms with van der Waals surface area (Å²) in [6.45, 7) is 11.2. The summed E-state index contributed by atoms with van der Waals surface area (Å²) in [7, 11) is 3.92. The Morgan fingerprint density at radius 2 is 1.44 bits per heavy atom. The largest absolute Gasteiger partial charge is 0.493 e. The molecule has 1 N–H and O–H groups in total. The number of carbonyl (C=O) groups excluding carboxylic acids is 1. The van der Waals surface area contributed by atoms with Crippen LogP contribution in [0.2, 0.25) is 0 Å². The van der Waals surface area contributed by atoms with Gasteiger partial charge in [0.1, 0.15) is 0 Å². The molecule has 8 heteroatoms. The monoisotopic (exact) mass is 379 g/mol. The van der Waals surface area contributed by atoms with Crippen molar-refractivity contribution in [1.82, 2.24) is 5.32 Å². The van der Waals surface area contributed by atoms with E-state index in [0.717, 1.165) is 0 Å². The minimum Gasteiger partial charge on any atom is -0.493 e. The summed E-state index contributed by atoms with van der Waals surface area (Å²) in [5.41, 5.74) is -1.36. The van der Waals surface area contributed by atoms with E-state index in [0.29, 0.717) is 22.8 Å². The summed E-state index contributed by atoms with van der Waals surface area (Å²) in [5.74, 6) is 1.24. The third-order valence-electron chi connectivity index (χ3n) is 5.42. The van der Waals surface area contributed by atoms with E-state index < -0.39 is 23.8 Å². The lowest BCUT2D eigenvalue weighted by Crippen LogP contribution is -2.55. The van der Waals surface area contributed by atoms with Gasteiger partial charge >= 0.3 is 7.12 Å². The van der Waals surface area contributed by atoms with E-state index in [9.17, 15) is 4.79 Å². The molecule has 7 nitrogen and oxygen atoms in total. The molecule has 0 saturated carbocycles. The van der Waals surface area contributed by atoms with Gasteiger partial charge in [0.05, 0.1) is 38.0 Å². The quantitative estimate of drug-likeness (QED) is 0.766. The summed E-state index contributed by atoms with van der Waals surface area (Å²) < 4.78 is 28.8. The normalized spacial score (nSPS) is 20.0. The Bertz CT molecular complexity index is 679. The zero-order chi connectivity index (χ0) is 20.6. The molecule has 1 heterocycles. The van der Waals surface area contributed by atoms with Crippen molar-refractivity contribution in [1.29, 1.82) is 0 Å². The highest BCUT2D eigenvalue weighted by atomic mass is 16.7. The fourth-order valence-corrected chi connectivity index (χ4v) is 3.09. The Hall–Kier alpha value is -1.93. The summed E-state index contributed by atoms with van der Waals surface area (Å²) in [5, 5.41) is 2.99. The molecule has 0 bridgehead atoms. The topological polar surface area (TPSA) is 75.3 Å². The van der Waals surface area contributed by atoms with Crippen LogP contribution in [0.3, 0.4) is 0 Å². The van der Waals surface area contributed by atoms with Crippen molar-refractivity contribution in [3.05, 3.63) is 17.7 Å². The summed E-state index contributed by atoms with van der Waals surface area (Å²) in [6.07, 6.45) is 0. The van der Waals surface area contributed by atoms with Gasteiger partial charge in [0.25, 0.3) is 0 Å². The van der Waals surface area contributed by atoms with Crippen molar-refractivity contribution in [2.75, 3.05) is 21.3 Å². The molecule has 1 atom stereocenters. The molecule has 1 aromatic rings. The molecule has 27 heavy (non-hydrogen) atoms. The Kier molecular flexibility index (Phi) is 5.73. The summed E-state index contributed by atoms with van der Waals surface area (Å²) >= 11 is 0. The third-order valence-corrected chi connectivity index (χ3v) is 5.42. The zero-order valence-corrected chi connectivity index (χ0v) is 17.7. The number of rotatable bonds is 6.